The second kappa shape index (κ2) is 7.90. The number of imidazole rings is 1. The minimum absolute atomic E-state index is 0.155. The molecule has 0 saturated carbocycles. The SMILES string of the molecule is CC(C)n1c(=O)n(-c2cccc(OC(F)(F)F)c2)c2ccc(C(=O)NC3(C)CS(=O)(=O)C3)cc21. The van der Waals surface area contributed by atoms with Gasteiger partial charge in [-0.25, -0.2) is 13.2 Å². The van der Waals surface area contributed by atoms with E-state index in [9.17, 15) is 31.2 Å². The van der Waals surface area contributed by atoms with Crippen LogP contribution in [-0.2, 0) is 9.84 Å². The Hall–Kier alpha value is -3.28. The lowest BCUT2D eigenvalue weighted by Crippen LogP contribution is -2.63. The molecule has 1 aromatic heterocycles. The minimum atomic E-state index is -4.88. The van der Waals surface area contributed by atoms with Crippen molar-refractivity contribution in [1.29, 1.82) is 0 Å². The number of amides is 1. The van der Waals surface area contributed by atoms with E-state index in [1.165, 1.54) is 39.5 Å². The summed E-state index contributed by atoms with van der Waals surface area (Å²) in [6, 6.07) is 9.26. The first-order chi connectivity index (χ1) is 15.7. The highest BCUT2D eigenvalue weighted by atomic mass is 32.2. The Bertz CT molecular complexity index is 1440. The van der Waals surface area contributed by atoms with Crippen LogP contribution in [0.3, 0.4) is 0 Å². The number of halogens is 3. The number of sulfone groups is 1. The van der Waals surface area contributed by atoms with Gasteiger partial charge in [-0.15, -0.1) is 13.2 Å². The van der Waals surface area contributed by atoms with E-state index in [4.69, 9.17) is 0 Å². The molecule has 0 unspecified atom stereocenters. The summed E-state index contributed by atoms with van der Waals surface area (Å²) in [7, 11) is -3.16. The minimum Gasteiger partial charge on any atom is -0.406 e. The summed E-state index contributed by atoms with van der Waals surface area (Å²) in [6.07, 6.45) is -4.88. The number of nitrogens with zero attached hydrogens (tertiary/aromatic N) is 2. The molecule has 12 heteroatoms. The number of alkyl halides is 3. The van der Waals surface area contributed by atoms with Gasteiger partial charge in [0.15, 0.2) is 9.84 Å². The molecular weight excluding hydrogens is 475 g/mol. The lowest BCUT2D eigenvalue weighted by atomic mass is 10.1. The maximum absolute atomic E-state index is 13.3. The molecule has 1 aliphatic rings. The van der Waals surface area contributed by atoms with Crippen LogP contribution in [0.1, 0.15) is 37.2 Å². The molecule has 1 saturated heterocycles. The predicted octanol–water partition coefficient (Wildman–Crippen LogP) is 3.19. The average Bonchev–Trinajstić information content (AvgIpc) is 2.95. The number of hydrogen-bond donors (Lipinski definition) is 1. The van der Waals surface area contributed by atoms with Gasteiger partial charge in [0.25, 0.3) is 5.91 Å². The topological polar surface area (TPSA) is 99.4 Å². The standard InChI is InChI=1S/C22H22F3N3O5S/c1-13(2)27-18-9-14(19(29)26-21(3)11-34(31,32)12-21)7-8-17(18)28(20(27)30)15-5-4-6-16(10-15)33-22(23,24)25/h4-10,13H,11-12H2,1-3H3,(H,26,29). The highest BCUT2D eigenvalue weighted by Crippen LogP contribution is 2.28. The lowest BCUT2D eigenvalue weighted by molar-refractivity contribution is -0.274. The van der Waals surface area contributed by atoms with E-state index in [1.54, 1.807) is 20.8 Å². The van der Waals surface area contributed by atoms with E-state index in [0.29, 0.717) is 11.0 Å². The van der Waals surface area contributed by atoms with Gasteiger partial charge in [0.1, 0.15) is 5.75 Å². The van der Waals surface area contributed by atoms with Gasteiger partial charge in [0.2, 0.25) is 0 Å². The number of carbonyl (C=O) groups is 1. The van der Waals surface area contributed by atoms with Crippen LogP contribution in [0.4, 0.5) is 13.2 Å². The van der Waals surface area contributed by atoms with Crippen LogP contribution < -0.4 is 15.7 Å². The third-order valence-corrected chi connectivity index (χ3v) is 7.61. The fraction of sp³-hybridized carbons (Fsp3) is 0.364. The van der Waals surface area contributed by atoms with E-state index < -0.39 is 39.1 Å². The van der Waals surface area contributed by atoms with Crippen LogP contribution in [0.2, 0.25) is 0 Å². The van der Waals surface area contributed by atoms with Crippen molar-refractivity contribution in [1.82, 2.24) is 14.5 Å². The summed E-state index contributed by atoms with van der Waals surface area (Å²) in [4.78, 5) is 26.1. The zero-order valence-corrected chi connectivity index (χ0v) is 19.3. The molecule has 3 aromatic rings. The zero-order valence-electron chi connectivity index (χ0n) is 18.5. The van der Waals surface area contributed by atoms with Crippen LogP contribution in [0, 0.1) is 0 Å². The maximum Gasteiger partial charge on any atom is 0.573 e. The molecule has 1 amide bonds. The molecule has 0 spiro atoms. The van der Waals surface area contributed by atoms with Crippen LogP contribution >= 0.6 is 0 Å². The predicted molar refractivity (Wildman–Crippen MR) is 119 cm³/mol. The monoisotopic (exact) mass is 497 g/mol. The van der Waals surface area contributed by atoms with Gasteiger partial charge in [0, 0.05) is 17.7 Å². The largest absolute Gasteiger partial charge is 0.573 e. The zero-order chi connectivity index (χ0) is 25.1. The van der Waals surface area contributed by atoms with Crippen molar-refractivity contribution < 1.29 is 31.1 Å². The van der Waals surface area contributed by atoms with Crippen molar-refractivity contribution in [2.45, 2.75) is 38.7 Å². The van der Waals surface area contributed by atoms with E-state index in [0.717, 1.165) is 12.1 Å². The van der Waals surface area contributed by atoms with Crippen molar-refractivity contribution in [2.24, 2.45) is 0 Å². The molecule has 0 aliphatic carbocycles. The fourth-order valence-corrected chi connectivity index (χ4v) is 6.28. The highest BCUT2D eigenvalue weighted by molar-refractivity contribution is 7.93. The maximum atomic E-state index is 13.3. The van der Waals surface area contributed by atoms with Crippen molar-refractivity contribution in [2.75, 3.05) is 11.5 Å². The second-order valence-electron chi connectivity index (χ2n) is 8.88. The summed E-state index contributed by atoms with van der Waals surface area (Å²) in [5.74, 6) is -1.27. The van der Waals surface area contributed by atoms with Crippen LogP contribution in [-0.4, -0.2) is 46.9 Å². The third kappa shape index (κ3) is 4.54. The summed E-state index contributed by atoms with van der Waals surface area (Å²) in [5.41, 5.74) is -0.186. The normalized spacial score (nSPS) is 16.9. The van der Waals surface area contributed by atoms with Crippen LogP contribution in [0.25, 0.3) is 16.7 Å². The number of ether oxygens (including phenoxy) is 1. The fourth-order valence-electron chi connectivity index (χ4n) is 4.28. The van der Waals surface area contributed by atoms with Gasteiger partial charge >= 0.3 is 12.1 Å². The first-order valence-corrected chi connectivity index (χ1v) is 12.2. The molecule has 2 aromatic carbocycles. The van der Waals surface area contributed by atoms with E-state index in [1.807, 2.05) is 0 Å². The Morgan fingerprint density at radius 3 is 2.38 bits per heavy atom. The van der Waals surface area contributed by atoms with Gasteiger partial charge in [-0.3, -0.25) is 13.9 Å². The molecule has 8 nitrogen and oxygen atoms in total. The van der Waals surface area contributed by atoms with Gasteiger partial charge < -0.3 is 10.1 Å². The number of carbonyl (C=O) groups excluding carboxylic acids is 1. The highest BCUT2D eigenvalue weighted by Gasteiger charge is 2.45. The summed E-state index contributed by atoms with van der Waals surface area (Å²) in [5, 5.41) is 2.72. The number of aromatic nitrogens is 2. The third-order valence-electron chi connectivity index (χ3n) is 5.45. The molecule has 0 atom stereocenters. The number of rotatable bonds is 5. The molecule has 0 radical (unpaired) electrons. The smallest absolute Gasteiger partial charge is 0.406 e. The Labute approximate surface area is 192 Å². The Morgan fingerprint density at radius 1 is 1.12 bits per heavy atom. The molecular formula is C22H22F3N3O5S. The molecule has 1 fully saturated rings. The molecule has 1 aliphatic heterocycles. The van der Waals surface area contributed by atoms with E-state index in [-0.39, 0.29) is 28.8 Å². The number of fused-ring (bicyclic) bond motifs is 1. The molecule has 182 valence electrons. The second-order valence-corrected chi connectivity index (χ2v) is 10.9. The number of nitrogens with one attached hydrogen (secondary N) is 1. The quantitative estimate of drug-likeness (QED) is 0.584. The van der Waals surface area contributed by atoms with Gasteiger partial charge in [-0.2, -0.15) is 0 Å². The van der Waals surface area contributed by atoms with Crippen LogP contribution in [0.5, 0.6) is 5.75 Å². The Kier molecular flexibility index (Phi) is 5.54. The Morgan fingerprint density at radius 2 is 1.79 bits per heavy atom. The molecule has 4 rings (SSSR count). The number of benzene rings is 2. The summed E-state index contributed by atoms with van der Waals surface area (Å²) in [6.45, 7) is 5.17. The molecule has 0 bridgehead atoms. The molecule has 34 heavy (non-hydrogen) atoms. The average molecular weight is 497 g/mol. The van der Waals surface area contributed by atoms with Gasteiger partial charge in [-0.1, -0.05) is 6.07 Å². The van der Waals surface area contributed by atoms with Crippen molar-refractivity contribution in [3.8, 4) is 11.4 Å². The van der Waals surface area contributed by atoms with Gasteiger partial charge in [0.05, 0.1) is 33.8 Å². The van der Waals surface area contributed by atoms with Crippen molar-refractivity contribution >= 4 is 26.8 Å². The van der Waals surface area contributed by atoms with Crippen LogP contribution in [0.15, 0.2) is 47.3 Å². The Balaban J connectivity index is 1.78. The molecule has 1 N–H and O–H groups in total. The van der Waals surface area contributed by atoms with E-state index >= 15 is 0 Å². The van der Waals surface area contributed by atoms with E-state index in [2.05, 4.69) is 10.1 Å². The number of hydrogen-bond acceptors (Lipinski definition) is 5. The van der Waals surface area contributed by atoms with Gasteiger partial charge in [-0.05, 0) is 51.1 Å². The lowest BCUT2D eigenvalue weighted by Gasteiger charge is -2.38. The first kappa shape index (κ1) is 23.9. The summed E-state index contributed by atoms with van der Waals surface area (Å²) >= 11 is 0. The molecule has 2 heterocycles. The summed E-state index contributed by atoms with van der Waals surface area (Å²) < 4.78 is 67.7. The van der Waals surface area contributed by atoms with Crippen molar-refractivity contribution in [3.05, 3.63) is 58.5 Å². The first-order valence-electron chi connectivity index (χ1n) is 10.3. The van der Waals surface area contributed by atoms with Crippen molar-refractivity contribution in [3.63, 3.8) is 0 Å².